The standard InChI is InChI=1S/C92H68F4N4O12/c93-81-47-67(13-17-71(81)51-97)55-5-9-63-43-75(25-21-59(63)39-55)105-31-1-35-109-89(101)85-79-29-30-80(86(85)90(102)110-36-2-32-106-76-26-22-60-40-56(6-10-64(60)44-76)68-14-18-72(52-98)82(94)48-68)88(92(104)112-38-4-34-108-78-28-24-62-42-58(8-12-66(62)46-78)70-16-20-74(54-100)84(96)50-70)87(79)91(103)111-37-3-33-107-77-27-23-61-41-57(7-11-65(61)45-77)69-15-19-73(53-99)83(95)49-69/h5-30,39-50,79-80,85-88H,1-4,31-38H2/t79?,80?,85-,86+,87+,88-. The molecule has 0 aromatic heterocycles. The molecule has 0 heterocycles. The Balaban J connectivity index is 0.660. The van der Waals surface area contributed by atoms with Crippen molar-refractivity contribution in [1.29, 1.82) is 21.0 Å². The van der Waals surface area contributed by atoms with Crippen LogP contribution in [0.1, 0.15) is 47.9 Å². The number of hydrogen-bond acceptors (Lipinski definition) is 16. The Morgan fingerprint density at radius 3 is 0.670 bits per heavy atom. The van der Waals surface area contributed by atoms with E-state index in [0.29, 0.717) is 45.3 Å². The third kappa shape index (κ3) is 16.9. The number of halogens is 4. The summed E-state index contributed by atoms with van der Waals surface area (Å²) >= 11 is 0. The van der Waals surface area contributed by atoms with Crippen LogP contribution in [0.25, 0.3) is 87.6 Å². The van der Waals surface area contributed by atoms with Crippen molar-refractivity contribution >= 4 is 67.0 Å². The summed E-state index contributed by atoms with van der Waals surface area (Å²) in [7, 11) is 0. The van der Waals surface area contributed by atoms with Crippen molar-refractivity contribution in [2.45, 2.75) is 25.7 Å². The summed E-state index contributed by atoms with van der Waals surface area (Å²) in [5, 5.41) is 43.7. The van der Waals surface area contributed by atoms with Gasteiger partial charge in [-0.05, 0) is 209 Å². The Morgan fingerprint density at radius 1 is 0.259 bits per heavy atom. The fourth-order valence-electron chi connectivity index (χ4n) is 14.5. The Morgan fingerprint density at radius 2 is 0.455 bits per heavy atom. The molecule has 1 fully saturated rings. The average molecular weight is 1500 g/mol. The molecule has 0 spiro atoms. The zero-order chi connectivity index (χ0) is 77.8. The Labute approximate surface area is 641 Å². The van der Waals surface area contributed by atoms with Gasteiger partial charge < -0.3 is 37.9 Å². The second-order valence-electron chi connectivity index (χ2n) is 27.2. The molecule has 0 aliphatic heterocycles. The van der Waals surface area contributed by atoms with Gasteiger partial charge in [-0.2, -0.15) is 21.0 Å². The van der Waals surface area contributed by atoms with Gasteiger partial charge in [0.25, 0.3) is 0 Å². The molecule has 112 heavy (non-hydrogen) atoms. The molecule has 2 bridgehead atoms. The van der Waals surface area contributed by atoms with Gasteiger partial charge in [-0.15, -0.1) is 0 Å². The van der Waals surface area contributed by atoms with E-state index in [9.17, 15) is 57.8 Å². The van der Waals surface area contributed by atoms with Crippen LogP contribution in [0.2, 0.25) is 0 Å². The van der Waals surface area contributed by atoms with E-state index >= 15 is 0 Å². The van der Waals surface area contributed by atoms with E-state index in [4.69, 9.17) is 37.9 Å². The van der Waals surface area contributed by atoms with E-state index in [1.54, 1.807) is 60.7 Å². The molecule has 3 aliphatic rings. The second kappa shape index (κ2) is 34.2. The first kappa shape index (κ1) is 75.0. The molecular formula is C92H68F4N4O12. The lowest BCUT2D eigenvalue weighted by Crippen LogP contribution is -2.58. The minimum atomic E-state index is -1.35. The molecule has 0 N–H and O–H groups in total. The van der Waals surface area contributed by atoms with Gasteiger partial charge in [-0.3, -0.25) is 19.2 Å². The molecule has 16 nitrogen and oxygen atoms in total. The molecule has 1 saturated carbocycles. The van der Waals surface area contributed by atoms with Crippen molar-refractivity contribution < 1.29 is 74.6 Å². The molecular weight excluding hydrogens is 1430 g/mol. The van der Waals surface area contributed by atoms with E-state index < -0.39 is 82.7 Å². The molecule has 20 heteroatoms. The van der Waals surface area contributed by atoms with Gasteiger partial charge in [0.2, 0.25) is 0 Å². The Bertz CT molecular complexity index is 5180. The highest BCUT2D eigenvalue weighted by Crippen LogP contribution is 2.53. The number of rotatable bonds is 28. The highest BCUT2D eigenvalue weighted by molar-refractivity contribution is 5.94. The summed E-state index contributed by atoms with van der Waals surface area (Å²) in [4.78, 5) is 59.6. The molecule has 15 rings (SSSR count). The van der Waals surface area contributed by atoms with Crippen molar-refractivity contribution in [2.24, 2.45) is 35.5 Å². The normalized spacial score (nSPS) is 16.0. The third-order valence-corrected chi connectivity index (χ3v) is 20.2. The fraction of sp³-hybridized carbons (Fsp3) is 0.196. The van der Waals surface area contributed by atoms with Gasteiger partial charge in [-0.1, -0.05) is 109 Å². The van der Waals surface area contributed by atoms with E-state index in [-0.39, 0.29) is 101 Å². The first-order valence-electron chi connectivity index (χ1n) is 36.4. The maximum atomic E-state index is 14.9. The number of nitriles is 4. The molecule has 12 aromatic rings. The summed E-state index contributed by atoms with van der Waals surface area (Å²) in [6, 6.07) is 69.5. The highest BCUT2D eigenvalue weighted by Gasteiger charge is 2.62. The second-order valence-corrected chi connectivity index (χ2v) is 27.2. The van der Waals surface area contributed by atoms with Crippen molar-refractivity contribution in [3.63, 3.8) is 0 Å². The topological polar surface area (TPSA) is 237 Å². The first-order valence-corrected chi connectivity index (χ1v) is 36.4. The van der Waals surface area contributed by atoms with Crippen LogP contribution >= 0.6 is 0 Å². The minimum absolute atomic E-state index is 0.0497. The number of allylic oxidation sites excluding steroid dienone is 2. The molecule has 2 unspecified atom stereocenters. The van der Waals surface area contributed by atoms with E-state index in [0.717, 1.165) is 65.3 Å². The quantitative estimate of drug-likeness (QED) is 0.0146. The Hall–Kier alpha value is -13.8. The first-order chi connectivity index (χ1) is 54.6. The molecule has 556 valence electrons. The van der Waals surface area contributed by atoms with Crippen LogP contribution in [-0.4, -0.2) is 76.7 Å². The summed E-state index contributed by atoms with van der Waals surface area (Å²) < 4.78 is 107. The number of esters is 4. The number of carbonyl (C=O) groups excluding carboxylic acids is 4. The summed E-state index contributed by atoms with van der Waals surface area (Å²) in [5.41, 5.74) is 5.26. The third-order valence-electron chi connectivity index (χ3n) is 20.2. The van der Waals surface area contributed by atoms with Crippen LogP contribution in [0.5, 0.6) is 23.0 Å². The van der Waals surface area contributed by atoms with Gasteiger partial charge in [0, 0.05) is 37.5 Å². The zero-order valence-corrected chi connectivity index (χ0v) is 60.1. The van der Waals surface area contributed by atoms with Gasteiger partial charge in [0.1, 0.15) is 70.5 Å². The lowest BCUT2D eigenvalue weighted by molar-refractivity contribution is -0.186. The van der Waals surface area contributed by atoms with Crippen LogP contribution in [0, 0.1) is 104 Å². The monoisotopic (exact) mass is 1500 g/mol. The van der Waals surface area contributed by atoms with Gasteiger partial charge in [0.15, 0.2) is 0 Å². The number of hydrogen-bond donors (Lipinski definition) is 0. The molecule has 6 atom stereocenters. The van der Waals surface area contributed by atoms with Crippen molar-refractivity contribution in [3.8, 4) is 91.8 Å². The highest BCUT2D eigenvalue weighted by atomic mass is 19.1. The number of fused-ring (bicyclic) bond motifs is 6. The predicted molar refractivity (Wildman–Crippen MR) is 411 cm³/mol. The molecule has 0 saturated heterocycles. The maximum Gasteiger partial charge on any atom is 0.310 e. The Kier molecular flexibility index (Phi) is 22.9. The number of nitrogens with zero attached hydrogens (tertiary/aromatic N) is 4. The zero-order valence-electron chi connectivity index (χ0n) is 60.1. The van der Waals surface area contributed by atoms with Gasteiger partial charge in [0.05, 0.1) is 98.8 Å². The predicted octanol–water partition coefficient (Wildman–Crippen LogP) is 18.6. The lowest BCUT2D eigenvalue weighted by atomic mass is 9.53. The van der Waals surface area contributed by atoms with Crippen LogP contribution in [0.15, 0.2) is 231 Å². The van der Waals surface area contributed by atoms with Gasteiger partial charge >= 0.3 is 23.9 Å². The minimum Gasteiger partial charge on any atom is -0.493 e. The van der Waals surface area contributed by atoms with Crippen molar-refractivity contribution in [3.05, 3.63) is 276 Å². The van der Waals surface area contributed by atoms with Crippen molar-refractivity contribution in [2.75, 3.05) is 52.9 Å². The fourth-order valence-corrected chi connectivity index (χ4v) is 14.5. The van der Waals surface area contributed by atoms with Gasteiger partial charge in [-0.25, -0.2) is 17.6 Å². The van der Waals surface area contributed by atoms with E-state index in [1.807, 2.05) is 146 Å². The van der Waals surface area contributed by atoms with Crippen LogP contribution in [0.3, 0.4) is 0 Å². The summed E-state index contributed by atoms with van der Waals surface area (Å²) in [5.74, 6) is -11.3. The molecule has 0 amide bonds. The number of benzene rings is 12. The largest absolute Gasteiger partial charge is 0.493 e. The average Bonchev–Trinajstić information content (AvgIpc) is 0.722. The van der Waals surface area contributed by atoms with E-state index in [1.165, 1.54) is 48.5 Å². The molecule has 12 aromatic carbocycles. The SMILES string of the molecule is N#Cc1ccc(-c2ccc3cc(OCCCOC(=O)[C@@H]4C5C=CC([C@@H](C(=O)OCCCOc6ccc7cc(-c8ccc(C#N)c(F)c8)ccc7c6)[C@H]5C(=O)OCCCOc5ccc6cc(-c7ccc(C#N)c(F)c7)ccc6c5)[C@@H]4C(=O)OCCCOc4ccc5cc(-c6ccc(C#N)c(F)c6)ccc5c4)ccc3c2)cc1F. The van der Waals surface area contributed by atoms with Crippen molar-refractivity contribution in [1.82, 2.24) is 0 Å². The molecule has 0 radical (unpaired) electrons. The van der Waals surface area contributed by atoms with E-state index in [2.05, 4.69) is 0 Å². The lowest BCUT2D eigenvalue weighted by Gasteiger charge is -2.49. The molecule has 3 aliphatic carbocycles. The van der Waals surface area contributed by atoms with Crippen LogP contribution < -0.4 is 18.9 Å². The van der Waals surface area contributed by atoms with Crippen LogP contribution in [0.4, 0.5) is 17.6 Å². The smallest absolute Gasteiger partial charge is 0.310 e. The maximum absolute atomic E-state index is 14.9. The van der Waals surface area contributed by atoms with Crippen LogP contribution in [-0.2, 0) is 38.1 Å². The number of ether oxygens (including phenoxy) is 8. The number of carbonyl (C=O) groups is 4. The summed E-state index contributed by atoms with van der Waals surface area (Å²) in [6.07, 6.45) is 4.12. The summed E-state index contributed by atoms with van der Waals surface area (Å²) in [6.45, 7) is -0.237.